The molecular formula is C42H53FN10O6. The number of piperazine rings is 1. The fourth-order valence-corrected chi connectivity index (χ4v) is 6.11. The maximum absolute atomic E-state index is 14.7. The number of aldehydes is 1. The van der Waals surface area contributed by atoms with Crippen molar-refractivity contribution < 1.29 is 28.3 Å². The molecule has 4 heterocycles. The van der Waals surface area contributed by atoms with Crippen molar-refractivity contribution in [2.45, 2.75) is 40.7 Å². The van der Waals surface area contributed by atoms with Gasteiger partial charge in [-0.2, -0.15) is 10.2 Å². The molecule has 59 heavy (non-hydrogen) atoms. The van der Waals surface area contributed by atoms with E-state index in [-0.39, 0.29) is 35.2 Å². The zero-order valence-corrected chi connectivity index (χ0v) is 34.2. The molecule has 0 unspecified atom stereocenters. The molecule has 17 heteroatoms. The van der Waals surface area contributed by atoms with Gasteiger partial charge in [0.25, 0.3) is 11.5 Å². The fraction of sp³-hybridized carbons (Fsp3) is 0.381. The van der Waals surface area contributed by atoms with E-state index in [2.05, 4.69) is 36.2 Å². The van der Waals surface area contributed by atoms with Gasteiger partial charge in [-0.1, -0.05) is 38.1 Å². The van der Waals surface area contributed by atoms with Gasteiger partial charge < -0.3 is 30.5 Å². The molecule has 1 fully saturated rings. The number of likely N-dealkylation sites (N-methyl/N-ethyl adjacent to an activating group) is 1. The summed E-state index contributed by atoms with van der Waals surface area (Å²) in [6, 6.07) is 13.3. The second-order valence-electron chi connectivity index (χ2n) is 13.1. The average Bonchev–Trinajstić information content (AvgIpc) is 3.75. The highest BCUT2D eigenvalue weighted by atomic mass is 19.1. The van der Waals surface area contributed by atoms with Gasteiger partial charge in [-0.3, -0.25) is 33.6 Å². The molecule has 314 valence electrons. The van der Waals surface area contributed by atoms with Crippen molar-refractivity contribution in [1.29, 1.82) is 0 Å². The van der Waals surface area contributed by atoms with E-state index in [0.29, 0.717) is 86.4 Å². The lowest BCUT2D eigenvalue weighted by atomic mass is 10.0. The first kappa shape index (κ1) is 45.5. The Morgan fingerprint density at radius 1 is 0.949 bits per heavy atom. The number of amides is 3. The minimum atomic E-state index is -0.599. The van der Waals surface area contributed by atoms with E-state index in [1.807, 2.05) is 46.1 Å². The van der Waals surface area contributed by atoms with Crippen LogP contribution in [0.25, 0.3) is 21.9 Å². The maximum atomic E-state index is 14.7. The SMILES string of the molecule is CC.CCn1cc(-c2cnc(C=O)c(NC(C)=O)c2)cn1.CNCCOCCNCC(=O)N1CCN(C(=O)c2cc(Cc3n[nH]c(=O)c4ccccc34)ccc2F)CC1. The van der Waals surface area contributed by atoms with Crippen LogP contribution >= 0.6 is 0 Å². The van der Waals surface area contributed by atoms with Gasteiger partial charge in [0, 0.05) is 88.1 Å². The first-order valence-corrected chi connectivity index (χ1v) is 19.6. The van der Waals surface area contributed by atoms with Crippen LogP contribution in [0.1, 0.15) is 59.8 Å². The zero-order chi connectivity index (χ0) is 42.7. The maximum Gasteiger partial charge on any atom is 0.272 e. The van der Waals surface area contributed by atoms with Crippen molar-refractivity contribution in [2.24, 2.45) is 0 Å². The molecule has 3 aromatic heterocycles. The minimum Gasteiger partial charge on any atom is -0.379 e. The third kappa shape index (κ3) is 12.9. The summed E-state index contributed by atoms with van der Waals surface area (Å²) in [6.45, 7) is 12.3. The van der Waals surface area contributed by atoms with Crippen molar-refractivity contribution in [2.75, 3.05) is 71.4 Å². The van der Waals surface area contributed by atoms with Gasteiger partial charge in [-0.25, -0.2) is 9.49 Å². The smallest absolute Gasteiger partial charge is 0.272 e. The van der Waals surface area contributed by atoms with Gasteiger partial charge in [-0.05, 0) is 43.8 Å². The van der Waals surface area contributed by atoms with Crippen LogP contribution < -0.4 is 21.5 Å². The van der Waals surface area contributed by atoms with Gasteiger partial charge in [-0.15, -0.1) is 0 Å². The number of carbonyl (C=O) groups excluding carboxylic acids is 4. The molecule has 1 saturated heterocycles. The van der Waals surface area contributed by atoms with E-state index in [1.165, 1.54) is 13.0 Å². The molecule has 2 aromatic carbocycles. The summed E-state index contributed by atoms with van der Waals surface area (Å²) in [6.07, 6.45) is 6.14. The lowest BCUT2D eigenvalue weighted by molar-refractivity contribution is -0.131. The van der Waals surface area contributed by atoms with Crippen LogP contribution in [0.2, 0.25) is 0 Å². The standard InChI is InChI=1S/C27H33FN6O4.C13H14N4O2.C2H6/c1-29-8-14-38-15-9-30-18-25(35)33-10-12-34(13-11-33)27(37)22-16-19(6-7-23(22)28)17-24-20-4-2-3-5-21(20)26(36)32-31-24;1-3-17-7-11(6-15-17)10-4-12(16-9(2)19)13(8-18)14-5-10;1-2/h2-7,16,29-30H,8-15,17-18H2,1H3,(H,32,36);4-8H,3H2,1-2H3,(H,16,19);1-2H3. The lowest BCUT2D eigenvalue weighted by Crippen LogP contribution is -2.52. The second-order valence-corrected chi connectivity index (χ2v) is 13.1. The van der Waals surface area contributed by atoms with Crippen molar-refractivity contribution in [3.63, 3.8) is 0 Å². The molecular weight excluding hydrogens is 760 g/mol. The van der Waals surface area contributed by atoms with Gasteiger partial charge >= 0.3 is 0 Å². The number of aryl methyl sites for hydroxylation is 1. The summed E-state index contributed by atoms with van der Waals surface area (Å²) in [7, 11) is 1.86. The van der Waals surface area contributed by atoms with Crippen molar-refractivity contribution in [3.8, 4) is 11.1 Å². The lowest BCUT2D eigenvalue weighted by Gasteiger charge is -2.35. The van der Waals surface area contributed by atoms with Crippen LogP contribution in [-0.4, -0.2) is 125 Å². The topological polar surface area (TPSA) is 197 Å². The molecule has 16 nitrogen and oxygen atoms in total. The Hall–Kier alpha value is -6.17. The number of nitrogens with zero attached hydrogens (tertiary/aromatic N) is 6. The Morgan fingerprint density at radius 2 is 1.66 bits per heavy atom. The predicted octanol–water partition coefficient (Wildman–Crippen LogP) is 3.53. The third-order valence-electron chi connectivity index (χ3n) is 9.15. The van der Waals surface area contributed by atoms with Crippen LogP contribution in [0.5, 0.6) is 0 Å². The number of halogens is 1. The highest BCUT2D eigenvalue weighted by molar-refractivity contribution is 5.96. The monoisotopic (exact) mass is 812 g/mol. The van der Waals surface area contributed by atoms with Crippen molar-refractivity contribution >= 4 is 40.5 Å². The molecule has 0 radical (unpaired) electrons. The number of H-pyrrole nitrogens is 1. The first-order valence-electron chi connectivity index (χ1n) is 19.6. The number of carbonyl (C=O) groups is 4. The van der Waals surface area contributed by atoms with Gasteiger partial charge in [0.15, 0.2) is 6.29 Å². The molecule has 1 aliphatic rings. The zero-order valence-electron chi connectivity index (χ0n) is 34.2. The van der Waals surface area contributed by atoms with E-state index >= 15 is 0 Å². The summed E-state index contributed by atoms with van der Waals surface area (Å²) >= 11 is 0. The highest BCUT2D eigenvalue weighted by Gasteiger charge is 2.26. The van der Waals surface area contributed by atoms with Crippen molar-refractivity contribution in [3.05, 3.63) is 106 Å². The van der Waals surface area contributed by atoms with Gasteiger partial charge in [0.1, 0.15) is 11.5 Å². The Kier molecular flexibility index (Phi) is 18.0. The first-order chi connectivity index (χ1) is 28.6. The molecule has 1 aliphatic heterocycles. The number of rotatable bonds is 15. The van der Waals surface area contributed by atoms with Crippen LogP contribution in [0.4, 0.5) is 10.1 Å². The number of ether oxygens (including phenoxy) is 1. The van der Waals surface area contributed by atoms with E-state index in [1.54, 1.807) is 57.2 Å². The molecule has 3 amide bonds. The summed E-state index contributed by atoms with van der Waals surface area (Å²) in [4.78, 5) is 67.0. The number of aromatic nitrogens is 5. The molecule has 4 N–H and O–H groups in total. The van der Waals surface area contributed by atoms with Crippen molar-refractivity contribution in [1.82, 2.24) is 45.4 Å². The summed E-state index contributed by atoms with van der Waals surface area (Å²) in [5, 5.41) is 20.8. The van der Waals surface area contributed by atoms with Crippen LogP contribution in [0.3, 0.4) is 0 Å². The Labute approximate surface area is 342 Å². The number of pyridine rings is 1. The molecule has 0 aliphatic carbocycles. The van der Waals surface area contributed by atoms with Crippen LogP contribution in [-0.2, 0) is 27.3 Å². The third-order valence-corrected chi connectivity index (χ3v) is 9.15. The van der Waals surface area contributed by atoms with Gasteiger partial charge in [0.2, 0.25) is 11.8 Å². The van der Waals surface area contributed by atoms with E-state index in [9.17, 15) is 28.4 Å². The number of benzene rings is 2. The Balaban J connectivity index is 0.000000306. The summed E-state index contributed by atoms with van der Waals surface area (Å²) in [5.41, 5.74) is 3.35. The molecule has 0 bridgehead atoms. The second kappa shape index (κ2) is 23.3. The number of nitrogens with one attached hydrogen (secondary N) is 4. The highest BCUT2D eigenvalue weighted by Crippen LogP contribution is 2.23. The van der Waals surface area contributed by atoms with Crippen LogP contribution in [0, 0.1) is 5.82 Å². The number of hydrogen-bond acceptors (Lipinski definition) is 11. The fourth-order valence-electron chi connectivity index (χ4n) is 6.11. The van der Waals surface area contributed by atoms with E-state index in [0.717, 1.165) is 24.2 Å². The summed E-state index contributed by atoms with van der Waals surface area (Å²) < 4.78 is 21.9. The molecule has 0 spiro atoms. The molecule has 6 rings (SSSR count). The van der Waals surface area contributed by atoms with Gasteiger partial charge in [0.05, 0.1) is 48.3 Å². The van der Waals surface area contributed by atoms with E-state index in [4.69, 9.17) is 4.74 Å². The number of anilines is 1. The summed E-state index contributed by atoms with van der Waals surface area (Å²) in [5.74, 6) is -1.29. The number of aromatic amines is 1. The normalized spacial score (nSPS) is 12.2. The Bertz CT molecular complexity index is 2240. The number of fused-ring (bicyclic) bond motifs is 1. The average molecular weight is 813 g/mol. The quantitative estimate of drug-likeness (QED) is 0.0892. The predicted molar refractivity (Wildman–Crippen MR) is 224 cm³/mol. The molecule has 5 aromatic rings. The molecule has 0 atom stereocenters. The Morgan fingerprint density at radius 3 is 2.34 bits per heavy atom. The minimum absolute atomic E-state index is 0.0176. The number of hydrogen-bond donors (Lipinski definition) is 4. The largest absolute Gasteiger partial charge is 0.379 e. The van der Waals surface area contributed by atoms with E-state index < -0.39 is 11.7 Å². The molecule has 0 saturated carbocycles. The van der Waals surface area contributed by atoms with Crippen LogP contribution in [0.15, 0.2) is 71.9 Å².